The van der Waals surface area contributed by atoms with Crippen LogP contribution in [0, 0.1) is 11.8 Å². The van der Waals surface area contributed by atoms with Crippen molar-refractivity contribution < 1.29 is 28.9 Å². The van der Waals surface area contributed by atoms with Gasteiger partial charge in [0.1, 0.15) is 6.61 Å². The van der Waals surface area contributed by atoms with Crippen LogP contribution in [0.2, 0.25) is 0 Å². The number of aliphatic hydroxyl groups excluding tert-OH is 1. The minimum atomic E-state index is -0.612. The molecule has 9 heteroatoms. The standard InChI is InChI=1S/C44H57N3O6/c1-6-24-51-43(50)45-26-31-10-9-12-36(25-31)32-18-20-35(21-19-32)42-52-39(29(2)40(53-42)34-16-14-30(28-48)15-17-34)27-47-37-13-8-7-11-33(37)22-23-38(47)41(49)46-44(3,4)5/h6,9-10,12,14-21,25,29,33,37-40,42,48H,1,7-8,11,13,22-24,26-28H2,2-5H3,(H,45,50)(H,46,49)/t29-,33+,37+,38+,39+,40+,42+/m0/s1. The van der Waals surface area contributed by atoms with E-state index in [-0.39, 0.29) is 48.8 Å². The summed E-state index contributed by atoms with van der Waals surface area (Å²) in [6.45, 7) is 13.1. The molecule has 3 aliphatic rings. The first-order chi connectivity index (χ1) is 25.5. The number of nitrogens with one attached hydrogen (secondary N) is 2. The second-order valence-electron chi connectivity index (χ2n) is 16.0. The molecular weight excluding hydrogens is 666 g/mol. The van der Waals surface area contributed by atoms with Gasteiger partial charge in [-0.3, -0.25) is 9.69 Å². The summed E-state index contributed by atoms with van der Waals surface area (Å²) in [6, 6.07) is 24.5. The largest absolute Gasteiger partial charge is 0.445 e. The van der Waals surface area contributed by atoms with Crippen molar-refractivity contribution >= 4 is 12.0 Å². The maximum absolute atomic E-state index is 13.9. The molecule has 2 amide bonds. The number of benzene rings is 3. The van der Waals surface area contributed by atoms with Gasteiger partial charge < -0.3 is 30.0 Å². The smallest absolute Gasteiger partial charge is 0.407 e. The third-order valence-electron chi connectivity index (χ3n) is 11.0. The minimum Gasteiger partial charge on any atom is -0.445 e. The van der Waals surface area contributed by atoms with Gasteiger partial charge >= 0.3 is 6.09 Å². The first kappa shape index (κ1) is 38.7. The average Bonchev–Trinajstić information content (AvgIpc) is 3.16. The first-order valence-electron chi connectivity index (χ1n) is 19.3. The number of carbonyl (C=O) groups is 2. The summed E-state index contributed by atoms with van der Waals surface area (Å²) < 4.78 is 18.8. The van der Waals surface area contributed by atoms with Crippen molar-refractivity contribution in [3.8, 4) is 11.1 Å². The van der Waals surface area contributed by atoms with Crippen molar-refractivity contribution in [3.05, 3.63) is 108 Å². The van der Waals surface area contributed by atoms with Crippen LogP contribution in [0.15, 0.2) is 85.5 Å². The van der Waals surface area contributed by atoms with Crippen LogP contribution in [-0.2, 0) is 32.2 Å². The lowest BCUT2D eigenvalue weighted by Crippen LogP contribution is -2.61. The molecule has 0 spiro atoms. The number of hydrogen-bond donors (Lipinski definition) is 3. The highest BCUT2D eigenvalue weighted by Gasteiger charge is 2.46. The Bertz CT molecular complexity index is 1690. The predicted molar refractivity (Wildman–Crippen MR) is 207 cm³/mol. The Hall–Kier alpha value is -4.02. The minimum absolute atomic E-state index is 0.00574. The third-order valence-corrected chi connectivity index (χ3v) is 11.0. The van der Waals surface area contributed by atoms with Crippen LogP contribution in [0.25, 0.3) is 11.1 Å². The first-order valence-corrected chi connectivity index (χ1v) is 19.3. The molecule has 3 N–H and O–H groups in total. The Morgan fingerprint density at radius 2 is 1.66 bits per heavy atom. The van der Waals surface area contributed by atoms with Gasteiger partial charge in [-0.15, -0.1) is 0 Å². The molecule has 9 nitrogen and oxygen atoms in total. The second kappa shape index (κ2) is 17.4. The summed E-state index contributed by atoms with van der Waals surface area (Å²) >= 11 is 0. The van der Waals surface area contributed by atoms with Crippen molar-refractivity contribution in [2.75, 3.05) is 13.2 Å². The molecule has 2 heterocycles. The molecule has 1 aliphatic carbocycles. The number of amides is 2. The van der Waals surface area contributed by atoms with Gasteiger partial charge in [-0.25, -0.2) is 4.79 Å². The number of aliphatic hydroxyl groups is 1. The van der Waals surface area contributed by atoms with Gasteiger partial charge in [-0.1, -0.05) is 99.2 Å². The van der Waals surface area contributed by atoms with Crippen LogP contribution >= 0.6 is 0 Å². The van der Waals surface area contributed by atoms with E-state index >= 15 is 0 Å². The van der Waals surface area contributed by atoms with Gasteiger partial charge in [0.25, 0.3) is 0 Å². The van der Waals surface area contributed by atoms with E-state index in [1.807, 2.05) is 57.2 Å². The highest BCUT2D eigenvalue weighted by Crippen LogP contribution is 2.44. The number of rotatable bonds is 11. The van der Waals surface area contributed by atoms with E-state index in [2.05, 4.69) is 65.4 Å². The molecule has 53 heavy (non-hydrogen) atoms. The number of hydrogen-bond acceptors (Lipinski definition) is 7. The van der Waals surface area contributed by atoms with E-state index in [1.54, 1.807) is 0 Å². The maximum Gasteiger partial charge on any atom is 0.407 e. The second-order valence-corrected chi connectivity index (χ2v) is 16.0. The molecule has 1 saturated carbocycles. The fraction of sp³-hybridized carbons (Fsp3) is 0.500. The van der Waals surface area contributed by atoms with Gasteiger partial charge in [0.2, 0.25) is 5.91 Å². The monoisotopic (exact) mass is 723 g/mol. The summed E-state index contributed by atoms with van der Waals surface area (Å²) in [4.78, 5) is 28.3. The summed E-state index contributed by atoms with van der Waals surface area (Å²) in [7, 11) is 0. The Morgan fingerprint density at radius 1 is 0.925 bits per heavy atom. The number of carbonyl (C=O) groups excluding carboxylic acids is 2. The highest BCUT2D eigenvalue weighted by molar-refractivity contribution is 5.82. The molecule has 3 fully saturated rings. The Kier molecular flexibility index (Phi) is 12.7. The fourth-order valence-electron chi connectivity index (χ4n) is 8.32. The summed E-state index contributed by atoms with van der Waals surface area (Å²) in [6.07, 6.45) is 6.71. The zero-order valence-corrected chi connectivity index (χ0v) is 31.8. The van der Waals surface area contributed by atoms with E-state index in [0.717, 1.165) is 52.6 Å². The van der Waals surface area contributed by atoms with Gasteiger partial charge in [0.05, 0.1) is 24.9 Å². The fourth-order valence-corrected chi connectivity index (χ4v) is 8.32. The van der Waals surface area contributed by atoms with Gasteiger partial charge in [-0.05, 0) is 86.3 Å². The number of likely N-dealkylation sites (tertiary alicyclic amines) is 1. The Labute approximate surface area is 315 Å². The molecule has 3 aromatic carbocycles. The van der Waals surface area contributed by atoms with Crippen LogP contribution in [0.4, 0.5) is 4.79 Å². The van der Waals surface area contributed by atoms with Gasteiger partial charge in [-0.2, -0.15) is 0 Å². The van der Waals surface area contributed by atoms with Gasteiger partial charge in [0, 0.05) is 36.2 Å². The molecule has 7 atom stereocenters. The predicted octanol–water partition coefficient (Wildman–Crippen LogP) is 7.99. The lowest BCUT2D eigenvalue weighted by Gasteiger charge is -2.51. The van der Waals surface area contributed by atoms with Crippen molar-refractivity contribution in [3.63, 3.8) is 0 Å². The molecule has 0 aromatic heterocycles. The molecule has 0 bridgehead atoms. The summed E-state index contributed by atoms with van der Waals surface area (Å²) in [5.74, 6) is 0.714. The van der Waals surface area contributed by atoms with E-state index in [0.29, 0.717) is 25.0 Å². The number of fused-ring (bicyclic) bond motifs is 1. The van der Waals surface area contributed by atoms with Crippen molar-refractivity contribution in [2.45, 2.75) is 115 Å². The molecule has 2 aliphatic heterocycles. The zero-order chi connectivity index (χ0) is 37.5. The van der Waals surface area contributed by atoms with Crippen LogP contribution < -0.4 is 10.6 Å². The Morgan fingerprint density at radius 3 is 2.38 bits per heavy atom. The lowest BCUT2D eigenvalue weighted by atomic mass is 9.75. The number of ether oxygens (including phenoxy) is 3. The van der Waals surface area contributed by atoms with Gasteiger partial charge in [0.15, 0.2) is 6.29 Å². The zero-order valence-electron chi connectivity index (χ0n) is 31.8. The van der Waals surface area contributed by atoms with Crippen LogP contribution in [0.1, 0.15) is 101 Å². The quantitative estimate of drug-likeness (QED) is 0.172. The Balaban J connectivity index is 1.25. The van der Waals surface area contributed by atoms with Crippen LogP contribution in [0.5, 0.6) is 0 Å². The molecule has 2 saturated heterocycles. The van der Waals surface area contributed by atoms with E-state index in [9.17, 15) is 14.7 Å². The molecule has 3 aromatic rings. The summed E-state index contributed by atoms with van der Waals surface area (Å²) in [5, 5.41) is 15.8. The molecule has 0 radical (unpaired) electrons. The van der Waals surface area contributed by atoms with Crippen LogP contribution in [0.3, 0.4) is 0 Å². The van der Waals surface area contributed by atoms with E-state index in [4.69, 9.17) is 14.2 Å². The van der Waals surface area contributed by atoms with Crippen molar-refractivity contribution in [1.82, 2.24) is 15.5 Å². The van der Waals surface area contributed by atoms with Crippen LogP contribution in [-0.4, -0.2) is 58.9 Å². The number of piperidine rings is 1. The van der Waals surface area contributed by atoms with E-state index in [1.165, 1.54) is 25.3 Å². The van der Waals surface area contributed by atoms with E-state index < -0.39 is 12.4 Å². The molecular formula is C44H57N3O6. The molecule has 6 rings (SSSR count). The lowest BCUT2D eigenvalue weighted by molar-refractivity contribution is -0.278. The van der Waals surface area contributed by atoms with Crippen molar-refractivity contribution in [1.29, 1.82) is 0 Å². The number of nitrogens with zero attached hydrogens (tertiary/aromatic N) is 1. The maximum atomic E-state index is 13.9. The van der Waals surface area contributed by atoms with Crippen molar-refractivity contribution in [2.24, 2.45) is 11.8 Å². The normalized spacial score (nSPS) is 26.2. The highest BCUT2D eigenvalue weighted by atomic mass is 16.7. The third kappa shape index (κ3) is 9.75. The average molecular weight is 724 g/mol. The number of alkyl carbamates (subject to hydrolysis) is 1. The molecule has 0 unspecified atom stereocenters. The topological polar surface area (TPSA) is 109 Å². The summed E-state index contributed by atoms with van der Waals surface area (Å²) in [5.41, 5.74) is 5.53. The molecule has 284 valence electrons. The SMILES string of the molecule is C=CCOC(=O)NCc1cccc(-c2ccc([C@@H]3O[C@H](CN4[C@@H](C(=O)NC(C)(C)C)CC[C@H]5CCCC[C@H]54)[C@H](C)[C@H](c4ccc(CO)cc4)O3)cc2)c1.